The number of likely N-dealkylation sites (N-methyl/N-ethyl adjacent to an activating group) is 1. The number of carbonyl (C=O) groups is 1. The molecule has 0 saturated heterocycles. The Morgan fingerprint density at radius 3 is 2.52 bits per heavy atom. The first-order valence-corrected chi connectivity index (χ1v) is 7.05. The van der Waals surface area contributed by atoms with Gasteiger partial charge in [0.25, 0.3) is 11.2 Å². The van der Waals surface area contributed by atoms with E-state index in [2.05, 4.69) is 0 Å². The maximum Gasteiger partial charge on any atom is 0.285 e. The molecule has 7 nitrogen and oxygen atoms in total. The zero-order chi connectivity index (χ0) is 17.0. The summed E-state index contributed by atoms with van der Waals surface area (Å²) in [6, 6.07) is 11.5. The van der Waals surface area contributed by atoms with E-state index in [0.29, 0.717) is 0 Å². The Kier molecular flexibility index (Phi) is 4.90. The summed E-state index contributed by atoms with van der Waals surface area (Å²) in [5.41, 5.74) is 0.288. The van der Waals surface area contributed by atoms with Gasteiger partial charge in [-0.3, -0.25) is 24.3 Å². The summed E-state index contributed by atoms with van der Waals surface area (Å²) in [6.07, 6.45) is 1.08. The van der Waals surface area contributed by atoms with Gasteiger partial charge < -0.3 is 4.90 Å². The Morgan fingerprint density at radius 1 is 1.26 bits per heavy atom. The highest BCUT2D eigenvalue weighted by Crippen LogP contribution is 2.18. The van der Waals surface area contributed by atoms with Crippen molar-refractivity contribution in [2.45, 2.75) is 19.5 Å². The molecular formula is C16H17N3O4. The highest BCUT2D eigenvalue weighted by Gasteiger charge is 2.18. The lowest BCUT2D eigenvalue weighted by atomic mass is 10.1. The van der Waals surface area contributed by atoms with Crippen LogP contribution >= 0.6 is 0 Å². The summed E-state index contributed by atoms with van der Waals surface area (Å²) in [6.45, 7) is 1.64. The number of carbonyl (C=O) groups excluding carboxylic acids is 1. The topological polar surface area (TPSA) is 85.4 Å². The molecule has 0 saturated carbocycles. The van der Waals surface area contributed by atoms with Crippen LogP contribution in [0.5, 0.6) is 0 Å². The van der Waals surface area contributed by atoms with Crippen LogP contribution in [0.15, 0.2) is 53.5 Å². The standard InChI is InChI=1S/C16H17N3O4/c1-12(13-6-4-3-5-7-13)17(2)16(21)11-18-10-14(19(22)23)8-9-15(18)20/h3-10,12H,11H2,1-2H3/t12-/m0/s1. The lowest BCUT2D eigenvalue weighted by Crippen LogP contribution is -2.35. The van der Waals surface area contributed by atoms with Crippen LogP contribution in [0.3, 0.4) is 0 Å². The number of hydrogen-bond donors (Lipinski definition) is 0. The highest BCUT2D eigenvalue weighted by molar-refractivity contribution is 5.76. The zero-order valence-corrected chi connectivity index (χ0v) is 12.9. The van der Waals surface area contributed by atoms with Crippen molar-refractivity contribution in [3.05, 3.63) is 74.7 Å². The maximum atomic E-state index is 12.4. The van der Waals surface area contributed by atoms with Crippen molar-refractivity contribution in [3.63, 3.8) is 0 Å². The predicted octanol–water partition coefficient (Wildman–Crippen LogP) is 1.98. The number of pyridine rings is 1. The molecule has 0 aliphatic rings. The average Bonchev–Trinajstić information content (AvgIpc) is 2.56. The summed E-state index contributed by atoms with van der Waals surface area (Å²) in [7, 11) is 1.64. The largest absolute Gasteiger partial charge is 0.337 e. The lowest BCUT2D eigenvalue weighted by molar-refractivity contribution is -0.385. The van der Waals surface area contributed by atoms with E-state index in [0.717, 1.165) is 28.5 Å². The molecule has 1 atom stereocenters. The zero-order valence-electron chi connectivity index (χ0n) is 12.9. The second kappa shape index (κ2) is 6.87. The first-order valence-electron chi connectivity index (χ1n) is 7.05. The quantitative estimate of drug-likeness (QED) is 0.623. The van der Waals surface area contributed by atoms with Gasteiger partial charge in [-0.05, 0) is 12.5 Å². The van der Waals surface area contributed by atoms with Gasteiger partial charge in [-0.2, -0.15) is 0 Å². The van der Waals surface area contributed by atoms with Gasteiger partial charge in [0.05, 0.1) is 17.2 Å². The average molecular weight is 315 g/mol. The number of benzene rings is 1. The molecule has 7 heteroatoms. The highest BCUT2D eigenvalue weighted by atomic mass is 16.6. The van der Waals surface area contributed by atoms with Gasteiger partial charge in [0.15, 0.2) is 0 Å². The first kappa shape index (κ1) is 16.4. The van der Waals surface area contributed by atoms with E-state index in [1.54, 1.807) is 7.05 Å². The summed E-state index contributed by atoms with van der Waals surface area (Å²) in [4.78, 5) is 35.8. The Labute approximate surface area is 132 Å². The van der Waals surface area contributed by atoms with Gasteiger partial charge in [-0.1, -0.05) is 30.3 Å². The number of rotatable bonds is 5. The van der Waals surface area contributed by atoms with Gasteiger partial charge in [0.2, 0.25) is 5.91 Å². The molecule has 0 fully saturated rings. The van der Waals surface area contributed by atoms with Crippen molar-refractivity contribution < 1.29 is 9.72 Å². The number of nitrogens with zero attached hydrogens (tertiary/aromatic N) is 3. The monoisotopic (exact) mass is 315 g/mol. The minimum absolute atomic E-state index is 0.168. The molecule has 2 aromatic rings. The van der Waals surface area contributed by atoms with Crippen molar-refractivity contribution in [3.8, 4) is 0 Å². The third-order valence-corrected chi connectivity index (χ3v) is 3.74. The Hall–Kier alpha value is -2.96. The first-order chi connectivity index (χ1) is 10.9. The molecule has 1 amide bonds. The van der Waals surface area contributed by atoms with Crippen molar-refractivity contribution >= 4 is 11.6 Å². The van der Waals surface area contributed by atoms with E-state index in [-0.39, 0.29) is 24.2 Å². The number of amides is 1. The van der Waals surface area contributed by atoms with Crippen molar-refractivity contribution in [2.75, 3.05) is 7.05 Å². The summed E-state index contributed by atoms with van der Waals surface area (Å²) < 4.78 is 1.05. The number of hydrogen-bond acceptors (Lipinski definition) is 4. The van der Waals surface area contributed by atoms with Crippen molar-refractivity contribution in [2.24, 2.45) is 0 Å². The summed E-state index contributed by atoms with van der Waals surface area (Å²) >= 11 is 0. The molecule has 0 bridgehead atoms. The van der Waals surface area contributed by atoms with E-state index >= 15 is 0 Å². The second-order valence-electron chi connectivity index (χ2n) is 5.20. The van der Waals surface area contributed by atoms with Crippen molar-refractivity contribution in [1.82, 2.24) is 9.47 Å². The fourth-order valence-corrected chi connectivity index (χ4v) is 2.18. The van der Waals surface area contributed by atoms with Crippen LogP contribution in [0.1, 0.15) is 18.5 Å². The van der Waals surface area contributed by atoms with E-state index in [1.807, 2.05) is 37.3 Å². The molecule has 1 heterocycles. The lowest BCUT2D eigenvalue weighted by Gasteiger charge is -2.25. The van der Waals surface area contributed by atoms with Crippen LogP contribution in [-0.4, -0.2) is 27.3 Å². The predicted molar refractivity (Wildman–Crippen MR) is 85.0 cm³/mol. The fourth-order valence-electron chi connectivity index (χ4n) is 2.18. The Balaban J connectivity index is 2.17. The van der Waals surface area contributed by atoms with Crippen molar-refractivity contribution in [1.29, 1.82) is 0 Å². The third-order valence-electron chi connectivity index (χ3n) is 3.74. The smallest absolute Gasteiger partial charge is 0.285 e. The number of nitro groups is 1. The fraction of sp³-hybridized carbons (Fsp3) is 0.250. The molecule has 0 N–H and O–H groups in total. The SMILES string of the molecule is C[C@@H](c1ccccc1)N(C)C(=O)Cn1cc([N+](=O)[O-])ccc1=O. The summed E-state index contributed by atoms with van der Waals surface area (Å²) in [5, 5.41) is 10.8. The second-order valence-corrected chi connectivity index (χ2v) is 5.20. The molecule has 120 valence electrons. The van der Waals surface area contributed by atoms with Gasteiger partial charge in [-0.15, -0.1) is 0 Å². The normalized spacial score (nSPS) is 11.7. The van der Waals surface area contributed by atoms with Gasteiger partial charge in [0, 0.05) is 19.2 Å². The van der Waals surface area contributed by atoms with Crippen LogP contribution < -0.4 is 5.56 Å². The molecule has 2 rings (SSSR count). The Morgan fingerprint density at radius 2 is 1.91 bits per heavy atom. The van der Waals surface area contributed by atoms with E-state index in [1.165, 1.54) is 4.90 Å². The molecule has 0 spiro atoms. The van der Waals surface area contributed by atoms with Gasteiger partial charge in [-0.25, -0.2) is 0 Å². The Bertz CT molecular complexity index is 770. The molecule has 0 aliphatic heterocycles. The van der Waals surface area contributed by atoms with Crippen LogP contribution in [-0.2, 0) is 11.3 Å². The van der Waals surface area contributed by atoms with E-state index in [4.69, 9.17) is 0 Å². The maximum absolute atomic E-state index is 12.4. The molecule has 23 heavy (non-hydrogen) atoms. The summed E-state index contributed by atoms with van der Waals surface area (Å²) in [5.74, 6) is -0.302. The third kappa shape index (κ3) is 3.82. The minimum Gasteiger partial charge on any atom is -0.337 e. The molecule has 0 unspecified atom stereocenters. The molecule has 0 aliphatic carbocycles. The van der Waals surface area contributed by atoms with Crippen LogP contribution in [0.25, 0.3) is 0 Å². The van der Waals surface area contributed by atoms with Crippen LogP contribution in [0, 0.1) is 10.1 Å². The van der Waals surface area contributed by atoms with Crippen LogP contribution in [0.4, 0.5) is 5.69 Å². The van der Waals surface area contributed by atoms with Gasteiger partial charge >= 0.3 is 0 Å². The minimum atomic E-state index is -0.600. The van der Waals surface area contributed by atoms with Crippen LogP contribution in [0.2, 0.25) is 0 Å². The van der Waals surface area contributed by atoms with E-state index < -0.39 is 10.5 Å². The van der Waals surface area contributed by atoms with Gasteiger partial charge in [0.1, 0.15) is 6.54 Å². The van der Waals surface area contributed by atoms with E-state index in [9.17, 15) is 19.7 Å². The molecular weight excluding hydrogens is 298 g/mol. The molecule has 0 radical (unpaired) electrons. The number of aromatic nitrogens is 1. The molecule has 1 aromatic carbocycles. The molecule has 1 aromatic heterocycles.